The lowest BCUT2D eigenvalue weighted by atomic mass is 9.58. The Hall–Kier alpha value is -2.12. The SMILES string of the molecule is C[C@H]1[C@H](/N=C(\Nc2ccc(OC(F)(F)F)cc2)N2CCOCC2)O[C@@H]2O[C@@]3(C)CC[C@H]4[C@H](C)CC[C@@H]1[C@@]24OO3. The van der Waals surface area contributed by atoms with Crippen molar-refractivity contribution < 1.29 is 41.9 Å². The number of halogens is 3. The molecule has 1 aromatic rings. The van der Waals surface area contributed by atoms with Gasteiger partial charge in [-0.05, 0) is 62.3 Å². The molecule has 5 saturated heterocycles. The second kappa shape index (κ2) is 10.1. The maximum Gasteiger partial charge on any atom is 0.573 e. The summed E-state index contributed by atoms with van der Waals surface area (Å²) >= 11 is 0. The number of guanidine groups is 1. The van der Waals surface area contributed by atoms with Gasteiger partial charge >= 0.3 is 6.36 Å². The molecule has 1 aromatic carbocycles. The Kier molecular flexibility index (Phi) is 6.98. The summed E-state index contributed by atoms with van der Waals surface area (Å²) in [5.74, 6) is 0.250. The molecule has 1 saturated carbocycles. The summed E-state index contributed by atoms with van der Waals surface area (Å²) in [6, 6.07) is 5.61. The van der Waals surface area contributed by atoms with Crippen LogP contribution in [-0.2, 0) is 24.0 Å². The highest BCUT2D eigenvalue weighted by molar-refractivity contribution is 5.93. The largest absolute Gasteiger partial charge is 0.573 e. The molecule has 0 aromatic heterocycles. The van der Waals surface area contributed by atoms with E-state index in [1.807, 2.05) is 6.92 Å². The summed E-state index contributed by atoms with van der Waals surface area (Å²) < 4.78 is 60.5. The predicted octanol–water partition coefficient (Wildman–Crippen LogP) is 4.89. The average molecular weight is 556 g/mol. The molecular formula is C27H36F3N3O6. The number of ether oxygens (including phenoxy) is 4. The van der Waals surface area contributed by atoms with Crippen molar-refractivity contribution in [1.29, 1.82) is 0 Å². The highest BCUT2D eigenvalue weighted by atomic mass is 19.4. The van der Waals surface area contributed by atoms with Crippen molar-refractivity contribution in [3.8, 4) is 5.75 Å². The van der Waals surface area contributed by atoms with Gasteiger partial charge in [0, 0.05) is 37.0 Å². The van der Waals surface area contributed by atoms with Gasteiger partial charge in [-0.1, -0.05) is 13.8 Å². The summed E-state index contributed by atoms with van der Waals surface area (Å²) in [4.78, 5) is 19.3. The Bertz CT molecular complexity index is 1070. The number of morpholine rings is 1. The van der Waals surface area contributed by atoms with Gasteiger partial charge in [0.15, 0.2) is 18.1 Å². The number of fused-ring (bicyclic) bond motifs is 2. The fraction of sp³-hybridized carbons (Fsp3) is 0.741. The van der Waals surface area contributed by atoms with E-state index in [4.69, 9.17) is 29.0 Å². The van der Waals surface area contributed by atoms with Crippen LogP contribution in [0, 0.1) is 23.7 Å². The van der Waals surface area contributed by atoms with E-state index in [0.29, 0.717) is 43.9 Å². The third kappa shape index (κ3) is 5.10. The maximum absolute atomic E-state index is 12.6. The predicted molar refractivity (Wildman–Crippen MR) is 133 cm³/mol. The molecule has 6 aliphatic rings. The number of hydrogen-bond acceptors (Lipinski definition) is 7. The van der Waals surface area contributed by atoms with Crippen LogP contribution < -0.4 is 10.1 Å². The molecule has 216 valence electrons. The van der Waals surface area contributed by atoms with Gasteiger partial charge in [0.05, 0.1) is 13.2 Å². The van der Waals surface area contributed by atoms with E-state index in [1.165, 1.54) is 24.3 Å². The lowest BCUT2D eigenvalue weighted by molar-refractivity contribution is -0.570. The number of aliphatic imine (C=N–C) groups is 1. The standard InChI is InChI=1S/C27H36F3N3O6/c1-16-4-9-21-17(2)22(35-23-26(21)20(16)10-11-25(3,37-23)38-39-26)32-24(33-12-14-34-15-13-33)31-18-5-7-19(8-6-18)36-27(28,29)30/h5-8,16-17,20-23H,4,9-15H2,1-3H3,(H,31,32)/t16-,17-,20+,21+,22-,23-,25-,26-/m1/s1. The van der Waals surface area contributed by atoms with E-state index in [1.54, 1.807) is 0 Å². The third-order valence-corrected chi connectivity index (χ3v) is 9.03. The molecule has 9 nitrogen and oxygen atoms in total. The van der Waals surface area contributed by atoms with Gasteiger partial charge in [0.1, 0.15) is 5.75 Å². The minimum absolute atomic E-state index is 0.00584. The Morgan fingerprint density at radius 2 is 1.79 bits per heavy atom. The molecule has 2 bridgehead atoms. The van der Waals surface area contributed by atoms with E-state index in [0.717, 1.165) is 25.7 Å². The summed E-state index contributed by atoms with van der Waals surface area (Å²) in [5, 5.41) is 3.30. The van der Waals surface area contributed by atoms with Crippen LogP contribution in [0.5, 0.6) is 5.75 Å². The van der Waals surface area contributed by atoms with Gasteiger partial charge < -0.3 is 29.2 Å². The van der Waals surface area contributed by atoms with Crippen molar-refractivity contribution in [1.82, 2.24) is 4.90 Å². The summed E-state index contributed by atoms with van der Waals surface area (Å²) in [6.45, 7) is 8.62. The molecule has 12 heteroatoms. The van der Waals surface area contributed by atoms with E-state index in [-0.39, 0.29) is 23.5 Å². The van der Waals surface area contributed by atoms with Gasteiger partial charge in [-0.3, -0.25) is 0 Å². The highest BCUT2D eigenvalue weighted by Gasteiger charge is 2.69. The number of nitrogens with zero attached hydrogens (tertiary/aromatic N) is 2. The van der Waals surface area contributed by atoms with E-state index >= 15 is 0 Å². The van der Waals surface area contributed by atoms with Crippen molar-refractivity contribution in [2.75, 3.05) is 31.6 Å². The minimum atomic E-state index is -4.75. The van der Waals surface area contributed by atoms with E-state index in [9.17, 15) is 13.2 Å². The van der Waals surface area contributed by atoms with Gasteiger partial charge in [0.25, 0.3) is 0 Å². The van der Waals surface area contributed by atoms with Crippen LogP contribution in [0.3, 0.4) is 0 Å². The van der Waals surface area contributed by atoms with Crippen LogP contribution in [0.4, 0.5) is 18.9 Å². The van der Waals surface area contributed by atoms with Crippen LogP contribution in [-0.4, -0.2) is 67.4 Å². The topological polar surface area (TPSA) is 83.0 Å². The summed E-state index contributed by atoms with van der Waals surface area (Å²) in [6.07, 6.45) is -2.17. The minimum Gasteiger partial charge on any atom is -0.406 e. The fourth-order valence-electron chi connectivity index (χ4n) is 6.99. The smallest absolute Gasteiger partial charge is 0.406 e. The van der Waals surface area contributed by atoms with Crippen LogP contribution in [0.1, 0.15) is 46.5 Å². The van der Waals surface area contributed by atoms with Crippen LogP contribution in [0.15, 0.2) is 29.3 Å². The summed E-state index contributed by atoms with van der Waals surface area (Å²) in [7, 11) is 0. The number of nitrogens with one attached hydrogen (secondary N) is 1. The Morgan fingerprint density at radius 1 is 1.05 bits per heavy atom. The first-order valence-corrected chi connectivity index (χ1v) is 13.8. The molecule has 5 heterocycles. The first-order valence-electron chi connectivity index (χ1n) is 13.8. The molecule has 8 atom stereocenters. The molecule has 0 amide bonds. The van der Waals surface area contributed by atoms with Crippen molar-refractivity contribution in [2.45, 2.75) is 76.7 Å². The Balaban J connectivity index is 1.29. The molecule has 7 rings (SSSR count). The third-order valence-electron chi connectivity index (χ3n) is 9.03. The normalized spacial score (nSPS) is 40.6. The highest BCUT2D eigenvalue weighted by Crippen LogP contribution is 2.60. The zero-order valence-corrected chi connectivity index (χ0v) is 22.4. The monoisotopic (exact) mass is 555 g/mol. The summed E-state index contributed by atoms with van der Waals surface area (Å²) in [5.41, 5.74) is -0.102. The number of alkyl halides is 3. The fourth-order valence-corrected chi connectivity index (χ4v) is 6.99. The quantitative estimate of drug-likeness (QED) is 0.321. The lowest BCUT2D eigenvalue weighted by Gasteiger charge is -2.59. The first-order chi connectivity index (χ1) is 18.6. The van der Waals surface area contributed by atoms with E-state index < -0.39 is 30.3 Å². The van der Waals surface area contributed by atoms with Gasteiger partial charge in [-0.2, -0.15) is 0 Å². The lowest BCUT2D eigenvalue weighted by Crippen LogP contribution is -2.70. The molecule has 6 fully saturated rings. The molecule has 0 unspecified atom stereocenters. The molecule has 1 aliphatic carbocycles. The molecule has 39 heavy (non-hydrogen) atoms. The van der Waals surface area contributed by atoms with E-state index in [2.05, 4.69) is 28.8 Å². The van der Waals surface area contributed by atoms with Crippen LogP contribution >= 0.6 is 0 Å². The van der Waals surface area contributed by atoms with Crippen molar-refractivity contribution in [3.05, 3.63) is 24.3 Å². The molecular weight excluding hydrogens is 519 g/mol. The number of anilines is 1. The zero-order chi connectivity index (χ0) is 27.4. The van der Waals surface area contributed by atoms with Gasteiger partial charge in [-0.25, -0.2) is 14.8 Å². The molecule has 5 aliphatic heterocycles. The maximum atomic E-state index is 12.6. The van der Waals surface area contributed by atoms with Crippen LogP contribution in [0.2, 0.25) is 0 Å². The first kappa shape index (κ1) is 27.1. The van der Waals surface area contributed by atoms with Crippen molar-refractivity contribution >= 4 is 11.6 Å². The second-order valence-corrected chi connectivity index (χ2v) is 11.5. The second-order valence-electron chi connectivity index (χ2n) is 11.5. The number of rotatable bonds is 3. The van der Waals surface area contributed by atoms with Crippen molar-refractivity contribution in [3.63, 3.8) is 0 Å². The molecule has 1 N–H and O–H groups in total. The Labute approximate surface area is 225 Å². The van der Waals surface area contributed by atoms with Gasteiger partial charge in [-0.15, -0.1) is 13.2 Å². The Morgan fingerprint density at radius 3 is 2.51 bits per heavy atom. The van der Waals surface area contributed by atoms with Gasteiger partial charge in [0.2, 0.25) is 11.7 Å². The average Bonchev–Trinajstić information content (AvgIpc) is 3.13. The number of benzene rings is 1. The van der Waals surface area contributed by atoms with Crippen LogP contribution in [0.25, 0.3) is 0 Å². The molecule has 0 radical (unpaired) electrons. The zero-order valence-electron chi connectivity index (χ0n) is 22.4. The molecule has 1 spiro atoms. The van der Waals surface area contributed by atoms with Crippen molar-refractivity contribution in [2.24, 2.45) is 28.7 Å². The number of hydrogen-bond donors (Lipinski definition) is 1.